The average Bonchev–Trinajstić information content (AvgIpc) is 3.35. The molecule has 0 amide bonds. The van der Waals surface area contributed by atoms with E-state index < -0.39 is 5.60 Å². The van der Waals surface area contributed by atoms with Crippen LogP contribution in [-0.2, 0) is 16.1 Å². The topological polar surface area (TPSA) is 54.0 Å². The molecule has 5 nitrogen and oxygen atoms in total. The molecule has 0 spiro atoms. The number of fused-ring (bicyclic) bond motifs is 2. The predicted octanol–water partition coefficient (Wildman–Crippen LogP) is 6.86. The minimum atomic E-state index is -0.406. The normalized spacial score (nSPS) is 19.2. The van der Waals surface area contributed by atoms with Crippen molar-refractivity contribution in [3.8, 4) is 28.4 Å². The van der Waals surface area contributed by atoms with Crippen molar-refractivity contribution in [1.82, 2.24) is 0 Å². The Balaban J connectivity index is 1.39. The molecule has 3 aromatic carbocycles. The van der Waals surface area contributed by atoms with E-state index in [2.05, 4.69) is 58.0 Å². The molecule has 0 bridgehead atoms. The fourth-order valence-corrected chi connectivity index (χ4v) is 5.59. The van der Waals surface area contributed by atoms with Crippen LogP contribution in [-0.4, -0.2) is 25.1 Å². The van der Waals surface area contributed by atoms with Gasteiger partial charge >= 0.3 is 0 Å². The second-order valence-corrected chi connectivity index (χ2v) is 10.2. The van der Waals surface area contributed by atoms with E-state index in [4.69, 9.17) is 18.9 Å². The zero-order valence-corrected chi connectivity index (χ0v) is 21.7. The molecule has 0 saturated heterocycles. The van der Waals surface area contributed by atoms with E-state index in [0.717, 1.165) is 45.8 Å². The molecule has 0 aliphatic carbocycles. The maximum absolute atomic E-state index is 10.9. The highest BCUT2D eigenvalue weighted by molar-refractivity contribution is 5.75. The van der Waals surface area contributed by atoms with E-state index in [1.807, 2.05) is 25.1 Å². The smallest absolute Gasteiger partial charge is 0.134 e. The third-order valence-electron chi connectivity index (χ3n) is 7.25. The van der Waals surface area contributed by atoms with Crippen LogP contribution in [0.3, 0.4) is 0 Å². The van der Waals surface area contributed by atoms with Gasteiger partial charge in [-0.3, -0.25) is 0 Å². The summed E-state index contributed by atoms with van der Waals surface area (Å²) in [7, 11) is 0. The third-order valence-corrected chi connectivity index (χ3v) is 7.25. The molecule has 0 saturated carbocycles. The minimum absolute atomic E-state index is 0.100. The molecule has 0 aromatic heterocycles. The highest BCUT2D eigenvalue weighted by atomic mass is 16.6. The van der Waals surface area contributed by atoms with Crippen molar-refractivity contribution in [2.75, 3.05) is 13.2 Å². The molecule has 2 heterocycles. The van der Waals surface area contributed by atoms with Gasteiger partial charge in [0.25, 0.3) is 0 Å². The fourth-order valence-electron chi connectivity index (χ4n) is 5.59. The van der Waals surface area contributed by atoms with Crippen molar-refractivity contribution >= 4 is 6.29 Å². The van der Waals surface area contributed by atoms with Gasteiger partial charge in [-0.2, -0.15) is 0 Å². The number of hydrogen-bond donors (Lipinski definition) is 0. The molecular weight excluding hydrogens is 452 g/mol. The molecule has 3 aromatic rings. The quantitative estimate of drug-likeness (QED) is 0.326. The SMILES string of the molecule is CCOC1c2c(cc(C)c(-c3cccc(COc4ccc5c(c4)OCC5CC=O)c3)c2C)OC1(C)C. The van der Waals surface area contributed by atoms with Gasteiger partial charge in [0.2, 0.25) is 0 Å². The summed E-state index contributed by atoms with van der Waals surface area (Å²) in [5.41, 5.74) is 7.66. The molecule has 2 unspecified atom stereocenters. The molecule has 2 aliphatic heterocycles. The standard InChI is InChI=1S/C31H34O5/c1-6-33-30-29-20(3)28(19(2)14-27(29)36-31(30,4)5)22-9-7-8-21(15-22)17-34-24-10-11-25-23(12-13-32)18-35-26(25)16-24/h7-11,13-16,23,30H,6,12,17-18H2,1-5H3. The summed E-state index contributed by atoms with van der Waals surface area (Å²) in [5.74, 6) is 2.63. The Morgan fingerprint density at radius 1 is 1.08 bits per heavy atom. The van der Waals surface area contributed by atoms with Crippen LogP contribution in [0.15, 0.2) is 48.5 Å². The van der Waals surface area contributed by atoms with Gasteiger partial charge < -0.3 is 23.7 Å². The first kappa shape index (κ1) is 24.4. The van der Waals surface area contributed by atoms with Crippen molar-refractivity contribution in [2.45, 2.75) is 65.3 Å². The number of carbonyl (C=O) groups excluding carboxylic acids is 1. The van der Waals surface area contributed by atoms with Crippen molar-refractivity contribution in [2.24, 2.45) is 0 Å². The molecular formula is C31H34O5. The lowest BCUT2D eigenvalue weighted by Gasteiger charge is -2.26. The molecule has 0 radical (unpaired) electrons. The molecule has 5 rings (SSSR count). The van der Waals surface area contributed by atoms with E-state index >= 15 is 0 Å². The second kappa shape index (κ2) is 9.62. The summed E-state index contributed by atoms with van der Waals surface area (Å²) in [6.45, 7) is 12.1. The van der Waals surface area contributed by atoms with E-state index in [1.165, 1.54) is 16.7 Å². The first-order valence-electron chi connectivity index (χ1n) is 12.7. The fraction of sp³-hybridized carbons (Fsp3) is 0.387. The Kier molecular flexibility index (Phi) is 6.52. The second-order valence-electron chi connectivity index (χ2n) is 10.2. The number of aryl methyl sites for hydroxylation is 1. The molecule has 5 heteroatoms. The van der Waals surface area contributed by atoms with Crippen molar-refractivity contribution < 1.29 is 23.7 Å². The lowest BCUT2D eigenvalue weighted by atomic mass is 9.87. The molecule has 188 valence electrons. The van der Waals surface area contributed by atoms with Crippen LogP contribution in [0.4, 0.5) is 0 Å². The lowest BCUT2D eigenvalue weighted by Crippen LogP contribution is -2.32. The molecule has 0 N–H and O–H groups in total. The van der Waals surface area contributed by atoms with E-state index in [0.29, 0.717) is 26.2 Å². The highest BCUT2D eigenvalue weighted by Gasteiger charge is 2.43. The Morgan fingerprint density at radius 3 is 2.69 bits per heavy atom. The number of aldehydes is 1. The average molecular weight is 487 g/mol. The number of rotatable bonds is 8. The molecule has 0 fully saturated rings. The number of ether oxygens (including phenoxy) is 4. The van der Waals surface area contributed by atoms with Crippen LogP contribution in [0.2, 0.25) is 0 Å². The summed E-state index contributed by atoms with van der Waals surface area (Å²) in [4.78, 5) is 10.9. The highest BCUT2D eigenvalue weighted by Crippen LogP contribution is 2.50. The summed E-state index contributed by atoms with van der Waals surface area (Å²) in [5, 5.41) is 0. The van der Waals surface area contributed by atoms with Crippen LogP contribution in [0.25, 0.3) is 11.1 Å². The van der Waals surface area contributed by atoms with E-state index in [1.54, 1.807) is 0 Å². The van der Waals surface area contributed by atoms with E-state index in [9.17, 15) is 4.79 Å². The van der Waals surface area contributed by atoms with Crippen LogP contribution in [0.1, 0.15) is 67.0 Å². The van der Waals surface area contributed by atoms with Crippen LogP contribution in [0, 0.1) is 13.8 Å². The summed E-state index contributed by atoms with van der Waals surface area (Å²) >= 11 is 0. The van der Waals surface area contributed by atoms with Gasteiger partial charge in [-0.25, -0.2) is 0 Å². The lowest BCUT2D eigenvalue weighted by molar-refractivity contribution is -0.108. The van der Waals surface area contributed by atoms with Crippen molar-refractivity contribution in [3.05, 3.63) is 76.3 Å². The number of benzene rings is 3. The van der Waals surface area contributed by atoms with Crippen LogP contribution in [0.5, 0.6) is 17.2 Å². The summed E-state index contributed by atoms with van der Waals surface area (Å²) in [6.07, 6.45) is 1.34. The zero-order chi connectivity index (χ0) is 25.4. The Morgan fingerprint density at radius 2 is 1.92 bits per heavy atom. The van der Waals surface area contributed by atoms with E-state index in [-0.39, 0.29) is 12.0 Å². The number of hydrogen-bond acceptors (Lipinski definition) is 5. The summed E-state index contributed by atoms with van der Waals surface area (Å²) in [6, 6.07) is 16.5. The monoisotopic (exact) mass is 486 g/mol. The maximum Gasteiger partial charge on any atom is 0.134 e. The van der Waals surface area contributed by atoms with Gasteiger partial charge in [-0.15, -0.1) is 0 Å². The van der Waals surface area contributed by atoms with Crippen LogP contribution >= 0.6 is 0 Å². The van der Waals surface area contributed by atoms with Crippen molar-refractivity contribution in [1.29, 1.82) is 0 Å². The Labute approximate surface area is 213 Å². The molecule has 36 heavy (non-hydrogen) atoms. The first-order valence-corrected chi connectivity index (χ1v) is 12.7. The molecule has 2 aliphatic rings. The van der Waals surface area contributed by atoms with Crippen molar-refractivity contribution in [3.63, 3.8) is 0 Å². The van der Waals surface area contributed by atoms with Gasteiger partial charge in [0, 0.05) is 36.1 Å². The largest absolute Gasteiger partial charge is 0.492 e. The molecule has 2 atom stereocenters. The van der Waals surface area contributed by atoms with Crippen LogP contribution < -0.4 is 14.2 Å². The third kappa shape index (κ3) is 4.37. The Hall–Kier alpha value is -3.31. The van der Waals surface area contributed by atoms with Gasteiger partial charge in [-0.1, -0.05) is 24.3 Å². The van der Waals surface area contributed by atoms with Gasteiger partial charge in [0.15, 0.2) is 0 Å². The Bertz CT molecular complexity index is 1290. The predicted molar refractivity (Wildman–Crippen MR) is 140 cm³/mol. The minimum Gasteiger partial charge on any atom is -0.492 e. The summed E-state index contributed by atoms with van der Waals surface area (Å²) < 4.78 is 24.4. The first-order chi connectivity index (χ1) is 17.3. The maximum atomic E-state index is 10.9. The van der Waals surface area contributed by atoms with Gasteiger partial charge in [-0.05, 0) is 80.6 Å². The van der Waals surface area contributed by atoms with Gasteiger partial charge in [0.1, 0.15) is 41.8 Å². The number of carbonyl (C=O) groups is 1. The zero-order valence-electron chi connectivity index (χ0n) is 21.7. The van der Waals surface area contributed by atoms with Gasteiger partial charge in [0.05, 0.1) is 6.61 Å².